The molecule has 80 heavy (non-hydrogen) atoms. The Labute approximate surface area is 494 Å². The lowest BCUT2D eigenvalue weighted by Crippen LogP contribution is -2.30. The van der Waals surface area contributed by atoms with Gasteiger partial charge < -0.3 is 14.2 Å². The molecule has 0 radical (unpaired) electrons. The number of hydrogen-bond acceptors (Lipinski definition) is 6. The van der Waals surface area contributed by atoms with Crippen LogP contribution in [0.3, 0.4) is 0 Å². The Morgan fingerprint density at radius 3 is 0.775 bits per heavy atom. The number of ether oxygens (including phenoxy) is 3. The van der Waals surface area contributed by atoms with Crippen molar-refractivity contribution >= 4 is 17.9 Å². The Morgan fingerprint density at radius 2 is 0.487 bits per heavy atom. The van der Waals surface area contributed by atoms with Gasteiger partial charge in [-0.05, 0) is 135 Å². The molecule has 1 unspecified atom stereocenters. The Bertz CT molecular complexity index is 1700. The molecular formula is C74H122O6. The van der Waals surface area contributed by atoms with E-state index in [0.717, 1.165) is 141 Å². The first-order chi connectivity index (χ1) is 39.5. The van der Waals surface area contributed by atoms with Crippen molar-refractivity contribution in [1.82, 2.24) is 0 Å². The minimum Gasteiger partial charge on any atom is -0.462 e. The zero-order chi connectivity index (χ0) is 57.8. The van der Waals surface area contributed by atoms with Gasteiger partial charge in [0.25, 0.3) is 0 Å². The van der Waals surface area contributed by atoms with Crippen LogP contribution in [0.25, 0.3) is 0 Å². The van der Waals surface area contributed by atoms with Gasteiger partial charge in [-0.1, -0.05) is 276 Å². The van der Waals surface area contributed by atoms with Crippen molar-refractivity contribution in [1.29, 1.82) is 0 Å². The molecule has 454 valence electrons. The molecule has 0 amide bonds. The van der Waals surface area contributed by atoms with Gasteiger partial charge in [-0.15, -0.1) is 0 Å². The fraction of sp³-hybridized carbons (Fsp3) is 0.662. The maximum Gasteiger partial charge on any atom is 0.306 e. The Morgan fingerprint density at radius 1 is 0.263 bits per heavy atom. The maximum absolute atomic E-state index is 12.9. The number of rotatable bonds is 59. The second kappa shape index (κ2) is 67.1. The van der Waals surface area contributed by atoms with Gasteiger partial charge in [-0.3, -0.25) is 14.4 Å². The molecule has 0 bridgehead atoms. The lowest BCUT2D eigenvalue weighted by Gasteiger charge is -2.18. The van der Waals surface area contributed by atoms with Crippen molar-refractivity contribution in [2.75, 3.05) is 13.2 Å². The molecule has 0 N–H and O–H groups in total. The topological polar surface area (TPSA) is 78.9 Å². The number of hydrogen-bond donors (Lipinski definition) is 0. The molecular weight excluding hydrogens is 985 g/mol. The average molecular weight is 1110 g/mol. The summed E-state index contributed by atoms with van der Waals surface area (Å²) in [4.78, 5) is 38.4. The first-order valence-corrected chi connectivity index (χ1v) is 33.2. The van der Waals surface area contributed by atoms with Gasteiger partial charge >= 0.3 is 17.9 Å². The molecule has 0 heterocycles. The van der Waals surface area contributed by atoms with Gasteiger partial charge in [-0.2, -0.15) is 0 Å². The van der Waals surface area contributed by atoms with Gasteiger partial charge in [0.2, 0.25) is 0 Å². The van der Waals surface area contributed by atoms with Gasteiger partial charge in [-0.25, -0.2) is 0 Å². The fourth-order valence-electron chi connectivity index (χ4n) is 8.96. The predicted octanol–water partition coefficient (Wildman–Crippen LogP) is 22.9. The van der Waals surface area contributed by atoms with E-state index in [0.29, 0.717) is 19.3 Å². The molecule has 0 saturated carbocycles. The lowest BCUT2D eigenvalue weighted by atomic mass is 10.1. The quantitative estimate of drug-likeness (QED) is 0.0261. The largest absolute Gasteiger partial charge is 0.462 e. The van der Waals surface area contributed by atoms with E-state index in [-0.39, 0.29) is 31.1 Å². The molecule has 0 rings (SSSR count). The zero-order valence-electron chi connectivity index (χ0n) is 52.0. The summed E-state index contributed by atoms with van der Waals surface area (Å²) in [5.41, 5.74) is 0. The summed E-state index contributed by atoms with van der Waals surface area (Å²) in [5.74, 6) is -0.912. The monoisotopic (exact) mass is 1110 g/mol. The molecule has 0 aromatic carbocycles. The van der Waals surface area contributed by atoms with Crippen molar-refractivity contribution in [2.45, 2.75) is 303 Å². The first-order valence-electron chi connectivity index (χ1n) is 33.2. The van der Waals surface area contributed by atoms with Gasteiger partial charge in [0.05, 0.1) is 0 Å². The highest BCUT2D eigenvalue weighted by atomic mass is 16.6. The number of unbranched alkanes of at least 4 members (excludes halogenated alkanes) is 26. The number of allylic oxidation sites excluding steroid dienone is 22. The fourth-order valence-corrected chi connectivity index (χ4v) is 8.96. The molecule has 0 aromatic heterocycles. The summed E-state index contributed by atoms with van der Waals surface area (Å²) in [6.45, 7) is 6.40. The summed E-state index contributed by atoms with van der Waals surface area (Å²) in [5, 5.41) is 0. The lowest BCUT2D eigenvalue weighted by molar-refractivity contribution is -0.167. The van der Waals surface area contributed by atoms with Crippen LogP contribution >= 0.6 is 0 Å². The molecule has 0 aliphatic carbocycles. The van der Waals surface area contributed by atoms with E-state index < -0.39 is 6.10 Å². The van der Waals surface area contributed by atoms with Crippen LogP contribution in [0.4, 0.5) is 0 Å². The number of carbonyl (C=O) groups is 3. The van der Waals surface area contributed by atoms with Crippen LogP contribution in [0.1, 0.15) is 297 Å². The van der Waals surface area contributed by atoms with E-state index in [4.69, 9.17) is 14.2 Å². The Kier molecular flexibility index (Phi) is 63.3. The molecule has 0 aliphatic heterocycles. The third-order valence-electron chi connectivity index (χ3n) is 13.9. The maximum atomic E-state index is 12.9. The molecule has 0 fully saturated rings. The summed E-state index contributed by atoms with van der Waals surface area (Å²) in [6.07, 6.45) is 94.5. The highest BCUT2D eigenvalue weighted by Crippen LogP contribution is 2.15. The molecule has 0 aliphatic rings. The molecule has 6 heteroatoms. The molecule has 6 nitrogen and oxygen atoms in total. The van der Waals surface area contributed by atoms with Gasteiger partial charge in [0.15, 0.2) is 6.10 Å². The molecule has 1 atom stereocenters. The van der Waals surface area contributed by atoms with Crippen LogP contribution < -0.4 is 0 Å². The third-order valence-corrected chi connectivity index (χ3v) is 13.9. The highest BCUT2D eigenvalue weighted by molar-refractivity contribution is 5.71. The number of carbonyl (C=O) groups excluding carboxylic acids is 3. The highest BCUT2D eigenvalue weighted by Gasteiger charge is 2.19. The molecule has 0 saturated heterocycles. The summed E-state index contributed by atoms with van der Waals surface area (Å²) in [7, 11) is 0. The van der Waals surface area contributed by atoms with E-state index in [1.807, 2.05) is 0 Å². The van der Waals surface area contributed by atoms with Crippen LogP contribution in [-0.4, -0.2) is 37.2 Å². The predicted molar refractivity (Wildman–Crippen MR) is 348 cm³/mol. The van der Waals surface area contributed by atoms with Crippen molar-refractivity contribution in [2.24, 2.45) is 0 Å². The smallest absolute Gasteiger partial charge is 0.306 e. The zero-order valence-corrected chi connectivity index (χ0v) is 52.0. The van der Waals surface area contributed by atoms with Crippen molar-refractivity contribution in [3.05, 3.63) is 134 Å². The average Bonchev–Trinajstić information content (AvgIpc) is 3.46. The molecule has 0 aromatic rings. The van der Waals surface area contributed by atoms with Gasteiger partial charge in [0, 0.05) is 19.3 Å². The van der Waals surface area contributed by atoms with E-state index in [2.05, 4.69) is 154 Å². The van der Waals surface area contributed by atoms with Gasteiger partial charge in [0.1, 0.15) is 13.2 Å². The second-order valence-corrected chi connectivity index (χ2v) is 21.6. The van der Waals surface area contributed by atoms with E-state index in [9.17, 15) is 14.4 Å². The normalized spacial score (nSPS) is 13.0. The van der Waals surface area contributed by atoms with Crippen LogP contribution in [0, 0.1) is 0 Å². The van der Waals surface area contributed by atoms with E-state index in [1.165, 1.54) is 116 Å². The minimum atomic E-state index is -0.796. The van der Waals surface area contributed by atoms with Crippen molar-refractivity contribution < 1.29 is 28.6 Å². The van der Waals surface area contributed by atoms with Crippen LogP contribution in [-0.2, 0) is 28.6 Å². The molecule has 0 spiro atoms. The van der Waals surface area contributed by atoms with Crippen molar-refractivity contribution in [3.8, 4) is 0 Å². The van der Waals surface area contributed by atoms with Crippen LogP contribution in [0.5, 0.6) is 0 Å². The first kappa shape index (κ1) is 75.5. The summed E-state index contributed by atoms with van der Waals surface area (Å²) < 4.78 is 16.9. The van der Waals surface area contributed by atoms with E-state index in [1.54, 1.807) is 0 Å². The van der Waals surface area contributed by atoms with Crippen molar-refractivity contribution in [3.63, 3.8) is 0 Å². The summed E-state index contributed by atoms with van der Waals surface area (Å²) in [6, 6.07) is 0. The third kappa shape index (κ3) is 64.4. The summed E-state index contributed by atoms with van der Waals surface area (Å²) >= 11 is 0. The van der Waals surface area contributed by atoms with Crippen LogP contribution in [0.2, 0.25) is 0 Å². The Hall–Kier alpha value is -4.45. The number of esters is 3. The standard InChI is InChI=1S/C74H122O6/c1-4-7-10-13-16-19-22-25-28-30-32-34-36-37-39-40-42-44-46-49-52-55-58-61-64-67-73(76)79-70-71(69-78-72(75)66-63-60-57-54-51-48-27-24-21-18-15-12-9-6-3)80-74(77)68-65-62-59-56-53-50-47-45-43-41-38-35-33-31-29-26-23-20-17-14-11-8-5-2/h7-8,10-11,16-17,19-20,24-29,32-35,37,39,41,43,71H,4-6,9,12-15,18,21-23,30-31,36,38,40,42,44-70H2,1-3H3/b10-7-,11-8-,19-16-,20-17-,27-24-,28-25-,29-26-,34-32-,35-33-,39-37-,43-41-. The minimum absolute atomic E-state index is 0.0914. The second-order valence-electron chi connectivity index (χ2n) is 21.6. The Balaban J connectivity index is 4.40. The van der Waals surface area contributed by atoms with Crippen LogP contribution in [0.15, 0.2) is 134 Å². The SMILES string of the molecule is CC/C=C\C/C=C\C/C=C\C/C=C\C/C=C\CCCCCCCCCCCC(=O)OCC(COC(=O)CCCCCCC/C=C\CCCCCCC)OC(=O)CCCCCCCCC/C=C\C/C=C\C/C=C\C/C=C\C/C=C\CC. The van der Waals surface area contributed by atoms with E-state index >= 15 is 0 Å².